The van der Waals surface area contributed by atoms with Crippen LogP contribution in [0.25, 0.3) is 11.3 Å². The van der Waals surface area contributed by atoms with Crippen LogP contribution in [0, 0.1) is 10.1 Å². The zero-order valence-electron chi connectivity index (χ0n) is 17.6. The van der Waals surface area contributed by atoms with Crippen LogP contribution in [0.3, 0.4) is 0 Å². The van der Waals surface area contributed by atoms with Gasteiger partial charge in [0.15, 0.2) is 0 Å². The van der Waals surface area contributed by atoms with Gasteiger partial charge in [0.05, 0.1) is 15.6 Å². The number of rotatable bonds is 6. The van der Waals surface area contributed by atoms with Gasteiger partial charge in [0.25, 0.3) is 0 Å². The van der Waals surface area contributed by atoms with Crippen molar-refractivity contribution in [3.8, 4) is 11.3 Å². The third-order valence-corrected chi connectivity index (χ3v) is 6.52. The topological polar surface area (TPSA) is 110 Å². The quantitative estimate of drug-likeness (QED) is 0.416. The zero-order chi connectivity index (χ0) is 22.0. The van der Waals surface area contributed by atoms with E-state index in [0.717, 1.165) is 53.7 Å². The van der Waals surface area contributed by atoms with E-state index in [1.807, 2.05) is 24.3 Å². The molecule has 3 N–H and O–H groups in total. The standard InChI is InChI=1S/C22H26N6O2S/c1-14(2)22-25-18(13-31-22)15-3-5-17(6-4-15)24-21-19(28(29)30)7-8-20(26-21)27-11-9-16(23)10-12-27/h3-8,13-14,16H,9-12,23H2,1-2H3,(H,24,26). The van der Waals surface area contributed by atoms with Crippen LogP contribution in [0.4, 0.5) is 23.0 Å². The van der Waals surface area contributed by atoms with Gasteiger partial charge in [0, 0.05) is 47.7 Å². The molecule has 9 heteroatoms. The Morgan fingerprint density at radius 3 is 2.48 bits per heavy atom. The number of benzene rings is 1. The van der Waals surface area contributed by atoms with Gasteiger partial charge in [-0.25, -0.2) is 9.97 Å². The summed E-state index contributed by atoms with van der Waals surface area (Å²) in [6.07, 6.45) is 1.77. The van der Waals surface area contributed by atoms with E-state index < -0.39 is 4.92 Å². The molecule has 4 rings (SSSR count). The predicted molar refractivity (Wildman–Crippen MR) is 125 cm³/mol. The van der Waals surface area contributed by atoms with E-state index in [9.17, 15) is 10.1 Å². The van der Waals surface area contributed by atoms with Crippen molar-refractivity contribution in [2.75, 3.05) is 23.3 Å². The number of hydrogen-bond donors (Lipinski definition) is 2. The Morgan fingerprint density at radius 1 is 1.16 bits per heavy atom. The van der Waals surface area contributed by atoms with Crippen molar-refractivity contribution in [3.63, 3.8) is 0 Å². The first-order valence-corrected chi connectivity index (χ1v) is 11.3. The van der Waals surface area contributed by atoms with E-state index >= 15 is 0 Å². The summed E-state index contributed by atoms with van der Waals surface area (Å²) in [7, 11) is 0. The Hall–Kier alpha value is -3.04. The Bertz CT molecular complexity index is 1060. The number of aromatic nitrogens is 2. The van der Waals surface area contributed by atoms with Gasteiger partial charge in [-0.15, -0.1) is 11.3 Å². The van der Waals surface area contributed by atoms with Crippen molar-refractivity contribution in [1.29, 1.82) is 0 Å². The lowest BCUT2D eigenvalue weighted by Gasteiger charge is -2.31. The number of nitrogens with two attached hydrogens (primary N) is 1. The third kappa shape index (κ3) is 4.83. The van der Waals surface area contributed by atoms with Crippen molar-refractivity contribution in [3.05, 3.63) is 56.9 Å². The summed E-state index contributed by atoms with van der Waals surface area (Å²) in [5.41, 5.74) is 8.62. The molecule has 0 radical (unpaired) electrons. The van der Waals surface area contributed by atoms with E-state index in [0.29, 0.717) is 5.92 Å². The Labute approximate surface area is 185 Å². The molecule has 8 nitrogen and oxygen atoms in total. The first-order valence-electron chi connectivity index (χ1n) is 10.4. The molecule has 2 aromatic heterocycles. The predicted octanol–water partition coefficient (Wildman–Crippen LogP) is 4.91. The maximum atomic E-state index is 11.5. The normalized spacial score (nSPS) is 14.8. The average molecular weight is 439 g/mol. The fourth-order valence-corrected chi connectivity index (χ4v) is 4.38. The van der Waals surface area contributed by atoms with Gasteiger partial charge in [0.2, 0.25) is 5.82 Å². The van der Waals surface area contributed by atoms with Crippen LogP contribution in [0.1, 0.15) is 37.6 Å². The minimum Gasteiger partial charge on any atom is -0.356 e. The van der Waals surface area contributed by atoms with Crippen LogP contribution < -0.4 is 16.0 Å². The van der Waals surface area contributed by atoms with Gasteiger partial charge in [-0.2, -0.15) is 0 Å². The first-order chi connectivity index (χ1) is 14.9. The molecule has 0 aliphatic carbocycles. The van der Waals surface area contributed by atoms with Gasteiger partial charge in [0.1, 0.15) is 5.82 Å². The number of anilines is 3. The third-order valence-electron chi connectivity index (χ3n) is 5.38. The fourth-order valence-electron chi connectivity index (χ4n) is 3.53. The number of hydrogen-bond acceptors (Lipinski definition) is 8. The van der Waals surface area contributed by atoms with Crippen molar-refractivity contribution >= 4 is 34.3 Å². The van der Waals surface area contributed by atoms with Crippen molar-refractivity contribution in [2.45, 2.75) is 38.6 Å². The molecule has 3 heterocycles. The fraction of sp³-hybridized carbons (Fsp3) is 0.364. The lowest BCUT2D eigenvalue weighted by molar-refractivity contribution is -0.384. The summed E-state index contributed by atoms with van der Waals surface area (Å²) < 4.78 is 0. The molecule has 0 spiro atoms. The van der Waals surface area contributed by atoms with Gasteiger partial charge >= 0.3 is 5.69 Å². The van der Waals surface area contributed by atoms with Crippen LogP contribution in [-0.2, 0) is 0 Å². The summed E-state index contributed by atoms with van der Waals surface area (Å²) in [6, 6.07) is 11.1. The zero-order valence-corrected chi connectivity index (χ0v) is 18.4. The molecule has 1 aliphatic rings. The second-order valence-electron chi connectivity index (χ2n) is 8.05. The Kier molecular flexibility index (Phi) is 6.15. The van der Waals surface area contributed by atoms with E-state index in [2.05, 4.69) is 39.4 Å². The average Bonchev–Trinajstić information content (AvgIpc) is 3.25. The molecule has 1 aliphatic heterocycles. The van der Waals surface area contributed by atoms with Crippen molar-refractivity contribution < 1.29 is 4.92 Å². The summed E-state index contributed by atoms with van der Waals surface area (Å²) in [5.74, 6) is 1.36. The molecule has 0 amide bonds. The highest BCUT2D eigenvalue weighted by Crippen LogP contribution is 2.31. The molecule has 162 valence electrons. The van der Waals surface area contributed by atoms with Crippen LogP contribution >= 0.6 is 11.3 Å². The molecule has 1 saturated heterocycles. The maximum absolute atomic E-state index is 11.5. The van der Waals surface area contributed by atoms with Crippen molar-refractivity contribution in [2.24, 2.45) is 5.73 Å². The molecule has 0 atom stereocenters. The minimum atomic E-state index is -0.414. The summed E-state index contributed by atoms with van der Waals surface area (Å²) in [6.45, 7) is 5.85. The van der Waals surface area contributed by atoms with Crippen molar-refractivity contribution in [1.82, 2.24) is 9.97 Å². The Morgan fingerprint density at radius 2 is 1.87 bits per heavy atom. The smallest absolute Gasteiger partial charge is 0.311 e. The largest absolute Gasteiger partial charge is 0.356 e. The molecule has 0 bridgehead atoms. The van der Waals surface area contributed by atoms with E-state index in [-0.39, 0.29) is 17.5 Å². The highest BCUT2D eigenvalue weighted by Gasteiger charge is 2.22. The second kappa shape index (κ2) is 8.99. The number of thiazole rings is 1. The molecule has 3 aromatic rings. The van der Waals surface area contributed by atoms with E-state index in [4.69, 9.17) is 5.73 Å². The van der Waals surface area contributed by atoms with Gasteiger partial charge in [-0.05, 0) is 31.0 Å². The van der Waals surface area contributed by atoms with Gasteiger partial charge < -0.3 is 16.0 Å². The van der Waals surface area contributed by atoms with Crippen LogP contribution in [-0.4, -0.2) is 34.0 Å². The molecule has 1 aromatic carbocycles. The van der Waals surface area contributed by atoms with Crippen LogP contribution in [0.15, 0.2) is 41.8 Å². The maximum Gasteiger partial charge on any atom is 0.311 e. The lowest BCUT2D eigenvalue weighted by atomic mass is 10.1. The minimum absolute atomic E-state index is 0.0531. The summed E-state index contributed by atoms with van der Waals surface area (Å²) in [5, 5.41) is 17.8. The second-order valence-corrected chi connectivity index (χ2v) is 8.94. The highest BCUT2D eigenvalue weighted by molar-refractivity contribution is 7.10. The van der Waals surface area contributed by atoms with Crippen LogP contribution in [0.5, 0.6) is 0 Å². The lowest BCUT2D eigenvalue weighted by Crippen LogP contribution is -2.40. The number of nitro groups is 1. The van der Waals surface area contributed by atoms with Gasteiger partial charge in [-0.3, -0.25) is 10.1 Å². The summed E-state index contributed by atoms with van der Waals surface area (Å²) in [4.78, 5) is 22.5. The molecule has 0 unspecified atom stereocenters. The molecule has 1 fully saturated rings. The summed E-state index contributed by atoms with van der Waals surface area (Å²) >= 11 is 1.66. The molecular weight excluding hydrogens is 412 g/mol. The van der Waals surface area contributed by atoms with E-state index in [1.165, 1.54) is 6.07 Å². The molecule has 31 heavy (non-hydrogen) atoms. The number of piperidine rings is 1. The number of nitrogens with one attached hydrogen (secondary N) is 1. The highest BCUT2D eigenvalue weighted by atomic mass is 32.1. The SMILES string of the molecule is CC(C)c1nc(-c2ccc(Nc3nc(N4CCC(N)CC4)ccc3[N+](=O)[O-])cc2)cs1. The number of nitrogens with zero attached hydrogens (tertiary/aromatic N) is 4. The van der Waals surface area contributed by atoms with E-state index in [1.54, 1.807) is 17.4 Å². The molecular formula is C22H26N6O2S. The van der Waals surface area contributed by atoms with Gasteiger partial charge in [-0.1, -0.05) is 26.0 Å². The Balaban J connectivity index is 1.55. The number of pyridine rings is 1. The monoisotopic (exact) mass is 438 g/mol. The first kappa shape index (κ1) is 21.2. The van der Waals surface area contributed by atoms with Crippen LogP contribution in [0.2, 0.25) is 0 Å². The molecule has 0 saturated carbocycles.